The molecule has 1 heterocycles. The average Bonchev–Trinajstić information content (AvgIpc) is 2.69. The smallest absolute Gasteiger partial charge is 0.258 e. The molecule has 1 aromatic carbocycles. The van der Waals surface area contributed by atoms with Crippen molar-refractivity contribution in [2.45, 2.75) is 6.92 Å². The van der Waals surface area contributed by atoms with E-state index in [2.05, 4.69) is 26.4 Å². The number of carbonyl (C=O) groups is 1. The summed E-state index contributed by atoms with van der Waals surface area (Å²) in [6, 6.07) is 3.96. The number of nitrogen functional groups attached to an aromatic ring is 1. The van der Waals surface area contributed by atoms with Gasteiger partial charge in [0.05, 0.1) is 11.3 Å². The van der Waals surface area contributed by atoms with E-state index in [1.807, 2.05) is 0 Å². The summed E-state index contributed by atoms with van der Waals surface area (Å²) in [5.41, 5.74) is 5.53. The normalized spacial score (nSPS) is 10.4. The van der Waals surface area contributed by atoms with E-state index < -0.39 is 11.7 Å². The zero-order valence-electron chi connectivity index (χ0n) is 9.33. The number of benzene rings is 1. The van der Waals surface area contributed by atoms with Gasteiger partial charge in [-0.1, -0.05) is 5.16 Å². The molecule has 5 nitrogen and oxygen atoms in total. The van der Waals surface area contributed by atoms with E-state index in [-0.39, 0.29) is 17.1 Å². The van der Waals surface area contributed by atoms with E-state index in [0.29, 0.717) is 10.2 Å². The number of rotatable bonds is 2. The molecule has 0 radical (unpaired) electrons. The van der Waals surface area contributed by atoms with Gasteiger partial charge in [-0.2, -0.15) is 0 Å². The third-order valence-electron chi connectivity index (χ3n) is 2.20. The van der Waals surface area contributed by atoms with E-state index in [1.165, 1.54) is 6.07 Å². The number of hydrogen-bond acceptors (Lipinski definition) is 4. The van der Waals surface area contributed by atoms with Gasteiger partial charge in [0.2, 0.25) is 0 Å². The van der Waals surface area contributed by atoms with Crippen LogP contribution in [-0.2, 0) is 0 Å². The fraction of sp³-hybridized carbons (Fsp3) is 0.0909. The molecule has 1 amide bonds. The highest BCUT2D eigenvalue weighted by atomic mass is 79.9. The Bertz CT molecular complexity index is 612. The average molecular weight is 314 g/mol. The Kier molecular flexibility index (Phi) is 3.33. The highest BCUT2D eigenvalue weighted by Crippen LogP contribution is 2.23. The Hall–Kier alpha value is -1.89. The fourth-order valence-corrected chi connectivity index (χ4v) is 1.84. The van der Waals surface area contributed by atoms with Gasteiger partial charge in [-0.3, -0.25) is 4.79 Å². The maximum Gasteiger partial charge on any atom is 0.258 e. The Morgan fingerprint density at radius 1 is 1.50 bits per heavy atom. The molecule has 0 spiro atoms. The largest absolute Gasteiger partial charge is 0.396 e. The van der Waals surface area contributed by atoms with Crippen LogP contribution in [0.3, 0.4) is 0 Å². The van der Waals surface area contributed by atoms with Crippen LogP contribution >= 0.6 is 15.9 Å². The highest BCUT2D eigenvalue weighted by Gasteiger charge is 2.14. The third-order valence-corrected chi connectivity index (χ3v) is 2.86. The molecule has 0 saturated heterocycles. The number of carbonyl (C=O) groups excluding carboxylic acids is 1. The number of hydrogen-bond donors (Lipinski definition) is 2. The predicted octanol–water partition coefficient (Wildman–Crippen LogP) is 2.72. The van der Waals surface area contributed by atoms with Crippen LogP contribution in [0, 0.1) is 12.7 Å². The Morgan fingerprint density at radius 2 is 2.22 bits per heavy atom. The summed E-state index contributed by atoms with van der Waals surface area (Å²) in [7, 11) is 0. The van der Waals surface area contributed by atoms with E-state index in [0.717, 1.165) is 6.07 Å². The molecular weight excluding hydrogens is 305 g/mol. The molecule has 94 valence electrons. The number of aryl methyl sites for hydroxylation is 1. The third kappa shape index (κ3) is 2.51. The summed E-state index contributed by atoms with van der Waals surface area (Å²) < 4.78 is 18.3. The number of nitrogens with zero attached hydrogens (tertiary/aromatic N) is 1. The highest BCUT2D eigenvalue weighted by molar-refractivity contribution is 9.10. The van der Waals surface area contributed by atoms with Crippen molar-refractivity contribution in [2.24, 2.45) is 0 Å². The summed E-state index contributed by atoms with van der Waals surface area (Å²) >= 11 is 3.10. The SMILES string of the molecule is Cc1cc(NC(=O)c2cc(N)c(F)cc2Br)no1. The molecule has 0 bridgehead atoms. The minimum Gasteiger partial charge on any atom is -0.396 e. The topological polar surface area (TPSA) is 81.2 Å². The van der Waals surface area contributed by atoms with Crippen molar-refractivity contribution in [1.82, 2.24) is 5.16 Å². The van der Waals surface area contributed by atoms with Crippen molar-refractivity contribution < 1.29 is 13.7 Å². The summed E-state index contributed by atoms with van der Waals surface area (Å²) in [6.07, 6.45) is 0. The number of anilines is 2. The van der Waals surface area contributed by atoms with Gasteiger partial charge >= 0.3 is 0 Å². The standard InChI is InChI=1S/C11H9BrFN3O2/c1-5-2-10(16-18-5)15-11(17)6-3-9(14)8(13)4-7(6)12/h2-4H,14H2,1H3,(H,15,16,17). The Labute approximate surface area is 110 Å². The van der Waals surface area contributed by atoms with Gasteiger partial charge in [0, 0.05) is 10.5 Å². The van der Waals surface area contributed by atoms with Gasteiger partial charge in [0.15, 0.2) is 5.82 Å². The van der Waals surface area contributed by atoms with E-state index in [1.54, 1.807) is 13.0 Å². The summed E-state index contributed by atoms with van der Waals surface area (Å²) in [6.45, 7) is 1.70. The first-order valence-corrected chi connectivity index (χ1v) is 5.76. The van der Waals surface area contributed by atoms with Gasteiger partial charge in [-0.05, 0) is 35.0 Å². The number of amides is 1. The number of nitrogens with two attached hydrogens (primary N) is 1. The Balaban J connectivity index is 2.26. The molecule has 0 aliphatic rings. The van der Waals surface area contributed by atoms with Crippen LogP contribution < -0.4 is 11.1 Å². The second-order valence-electron chi connectivity index (χ2n) is 3.63. The zero-order chi connectivity index (χ0) is 13.3. The minimum atomic E-state index is -0.587. The van der Waals surface area contributed by atoms with Crippen molar-refractivity contribution >= 4 is 33.3 Å². The van der Waals surface area contributed by atoms with Gasteiger partial charge in [0.25, 0.3) is 5.91 Å². The first kappa shape index (κ1) is 12.6. The molecule has 0 unspecified atom stereocenters. The lowest BCUT2D eigenvalue weighted by Gasteiger charge is -2.06. The number of halogens is 2. The van der Waals surface area contributed by atoms with E-state index in [4.69, 9.17) is 10.3 Å². The van der Waals surface area contributed by atoms with Crippen molar-refractivity contribution in [2.75, 3.05) is 11.1 Å². The molecule has 0 aliphatic carbocycles. The van der Waals surface area contributed by atoms with Gasteiger partial charge in [0.1, 0.15) is 11.6 Å². The van der Waals surface area contributed by atoms with Crippen LogP contribution in [0.1, 0.15) is 16.1 Å². The van der Waals surface area contributed by atoms with Crippen molar-refractivity contribution in [1.29, 1.82) is 0 Å². The van der Waals surface area contributed by atoms with Gasteiger partial charge in [-0.25, -0.2) is 4.39 Å². The van der Waals surface area contributed by atoms with Crippen LogP contribution in [0.15, 0.2) is 27.2 Å². The lowest BCUT2D eigenvalue weighted by atomic mass is 10.2. The zero-order valence-corrected chi connectivity index (χ0v) is 10.9. The number of nitrogens with one attached hydrogen (secondary N) is 1. The maximum absolute atomic E-state index is 13.1. The molecule has 2 aromatic rings. The van der Waals surface area contributed by atoms with Crippen molar-refractivity contribution in [3.8, 4) is 0 Å². The Morgan fingerprint density at radius 3 is 2.83 bits per heavy atom. The molecule has 18 heavy (non-hydrogen) atoms. The lowest BCUT2D eigenvalue weighted by Crippen LogP contribution is -2.13. The second-order valence-corrected chi connectivity index (χ2v) is 4.48. The van der Waals surface area contributed by atoms with E-state index in [9.17, 15) is 9.18 Å². The molecule has 3 N–H and O–H groups in total. The van der Waals surface area contributed by atoms with E-state index >= 15 is 0 Å². The minimum absolute atomic E-state index is 0.0975. The fourth-order valence-electron chi connectivity index (χ4n) is 1.35. The van der Waals surface area contributed by atoms with Crippen LogP contribution in [0.4, 0.5) is 15.9 Å². The van der Waals surface area contributed by atoms with Crippen molar-refractivity contribution in [3.05, 3.63) is 39.8 Å². The summed E-state index contributed by atoms with van der Waals surface area (Å²) in [5.74, 6) is -0.187. The summed E-state index contributed by atoms with van der Waals surface area (Å²) in [5, 5.41) is 6.14. The van der Waals surface area contributed by atoms with Gasteiger partial charge < -0.3 is 15.6 Å². The molecule has 0 saturated carbocycles. The molecular formula is C11H9BrFN3O2. The lowest BCUT2D eigenvalue weighted by molar-refractivity contribution is 0.102. The van der Waals surface area contributed by atoms with Crippen LogP contribution in [-0.4, -0.2) is 11.1 Å². The van der Waals surface area contributed by atoms with Gasteiger partial charge in [-0.15, -0.1) is 0 Å². The molecule has 0 aliphatic heterocycles. The van der Waals surface area contributed by atoms with Crippen LogP contribution in [0.2, 0.25) is 0 Å². The first-order chi connectivity index (χ1) is 8.47. The predicted molar refractivity (Wildman–Crippen MR) is 67.7 cm³/mol. The maximum atomic E-state index is 13.1. The summed E-state index contributed by atoms with van der Waals surface area (Å²) in [4.78, 5) is 11.9. The molecule has 7 heteroatoms. The van der Waals surface area contributed by atoms with Crippen molar-refractivity contribution in [3.63, 3.8) is 0 Å². The molecule has 1 aromatic heterocycles. The van der Waals surface area contributed by atoms with Crippen LogP contribution in [0.25, 0.3) is 0 Å². The quantitative estimate of drug-likeness (QED) is 0.835. The molecule has 0 fully saturated rings. The van der Waals surface area contributed by atoms with Crippen LogP contribution in [0.5, 0.6) is 0 Å². The second kappa shape index (κ2) is 4.77. The molecule has 2 rings (SSSR count). The monoisotopic (exact) mass is 313 g/mol. The molecule has 0 atom stereocenters. The number of aromatic nitrogens is 1. The first-order valence-electron chi connectivity index (χ1n) is 4.96.